The van der Waals surface area contributed by atoms with Gasteiger partial charge in [-0.15, -0.1) is 0 Å². The maximum absolute atomic E-state index is 12.0. The largest absolute Gasteiger partial charge is 0.480 e. The zero-order valence-corrected chi connectivity index (χ0v) is 13.5. The third kappa shape index (κ3) is 4.88. The van der Waals surface area contributed by atoms with Gasteiger partial charge in [0.25, 0.3) is 0 Å². The van der Waals surface area contributed by atoms with Gasteiger partial charge in [0.2, 0.25) is 0 Å². The normalized spacial score (nSPS) is 26.2. The van der Waals surface area contributed by atoms with Gasteiger partial charge < -0.3 is 20.5 Å². The number of amides is 2. The van der Waals surface area contributed by atoms with Gasteiger partial charge >= 0.3 is 12.0 Å². The van der Waals surface area contributed by atoms with Crippen molar-refractivity contribution in [2.24, 2.45) is 5.92 Å². The summed E-state index contributed by atoms with van der Waals surface area (Å²) in [6.45, 7) is 6.15. The molecule has 0 atom stereocenters. The molecule has 1 fully saturated rings. The van der Waals surface area contributed by atoms with E-state index in [-0.39, 0.29) is 0 Å². The van der Waals surface area contributed by atoms with Crippen LogP contribution in [0, 0.1) is 5.92 Å². The molecule has 21 heavy (non-hydrogen) atoms. The number of carbonyl (C=O) groups is 2. The number of aliphatic carboxylic acids is 1. The fourth-order valence-electron chi connectivity index (χ4n) is 2.60. The number of carbonyl (C=O) groups excluding carboxylic acids is 1. The Morgan fingerprint density at radius 2 is 1.90 bits per heavy atom. The molecule has 6 nitrogen and oxygen atoms in total. The molecular formula is C15H28N2O4. The predicted molar refractivity (Wildman–Crippen MR) is 80.2 cm³/mol. The van der Waals surface area contributed by atoms with E-state index < -0.39 is 23.1 Å². The monoisotopic (exact) mass is 300 g/mol. The fraction of sp³-hybridized carbons (Fsp3) is 0.867. The van der Waals surface area contributed by atoms with E-state index in [0.717, 1.165) is 19.3 Å². The predicted octanol–water partition coefficient (Wildman–Crippen LogP) is 2.13. The second-order valence-corrected chi connectivity index (χ2v) is 6.51. The molecule has 0 aromatic rings. The molecule has 6 heteroatoms. The lowest BCUT2D eigenvalue weighted by Crippen LogP contribution is -2.59. The molecule has 0 heterocycles. The van der Waals surface area contributed by atoms with E-state index in [2.05, 4.69) is 17.6 Å². The minimum Gasteiger partial charge on any atom is -0.480 e. The van der Waals surface area contributed by atoms with Crippen LogP contribution in [0.4, 0.5) is 4.79 Å². The Kier molecular flexibility index (Phi) is 6.01. The number of carboxylic acid groups (broad SMARTS) is 1. The van der Waals surface area contributed by atoms with E-state index in [4.69, 9.17) is 4.74 Å². The van der Waals surface area contributed by atoms with E-state index in [1.54, 1.807) is 7.11 Å². The number of rotatable bonds is 6. The third-order valence-electron chi connectivity index (χ3n) is 4.53. The molecule has 0 aliphatic heterocycles. The molecule has 1 aliphatic carbocycles. The molecule has 0 saturated heterocycles. The Morgan fingerprint density at radius 3 is 2.33 bits per heavy atom. The topological polar surface area (TPSA) is 87.7 Å². The van der Waals surface area contributed by atoms with Crippen molar-refractivity contribution in [3.05, 3.63) is 0 Å². The summed E-state index contributed by atoms with van der Waals surface area (Å²) in [5, 5.41) is 14.9. The standard InChI is InChI=1S/C15H28N2O4/c1-5-11-6-8-15(9-7-11,12(18)19)17-13(20)16-10-14(2,3)21-4/h11H,5-10H2,1-4H3,(H,18,19)(H2,16,17,20). The number of nitrogens with one attached hydrogen (secondary N) is 2. The Hall–Kier alpha value is -1.30. The minimum atomic E-state index is -1.13. The van der Waals surface area contributed by atoms with Gasteiger partial charge in [0, 0.05) is 13.7 Å². The van der Waals surface area contributed by atoms with Crippen molar-refractivity contribution in [2.45, 2.75) is 64.0 Å². The van der Waals surface area contributed by atoms with Crippen molar-refractivity contribution < 1.29 is 19.4 Å². The number of hydrogen-bond donors (Lipinski definition) is 3. The van der Waals surface area contributed by atoms with Gasteiger partial charge in [-0.2, -0.15) is 0 Å². The molecule has 2 amide bonds. The highest BCUT2D eigenvalue weighted by molar-refractivity contribution is 5.86. The van der Waals surface area contributed by atoms with E-state index in [1.807, 2.05) is 13.8 Å². The maximum Gasteiger partial charge on any atom is 0.329 e. The van der Waals surface area contributed by atoms with Crippen LogP contribution in [0.25, 0.3) is 0 Å². The SMILES string of the molecule is CCC1CCC(NC(=O)NCC(C)(C)OC)(C(=O)O)CC1. The summed E-state index contributed by atoms with van der Waals surface area (Å²) in [6, 6.07) is -0.447. The van der Waals surface area contributed by atoms with Crippen molar-refractivity contribution in [3.63, 3.8) is 0 Å². The smallest absolute Gasteiger partial charge is 0.329 e. The number of urea groups is 1. The second kappa shape index (κ2) is 7.11. The minimum absolute atomic E-state index is 0.322. The van der Waals surface area contributed by atoms with Crippen molar-refractivity contribution in [1.29, 1.82) is 0 Å². The van der Waals surface area contributed by atoms with Gasteiger partial charge in [0.15, 0.2) is 0 Å². The Bertz CT molecular complexity index is 374. The molecule has 1 aliphatic rings. The first-order valence-electron chi connectivity index (χ1n) is 7.59. The summed E-state index contributed by atoms with van der Waals surface area (Å²) in [4.78, 5) is 23.6. The summed E-state index contributed by atoms with van der Waals surface area (Å²) in [5.74, 6) is -0.382. The zero-order chi connectivity index (χ0) is 16.1. The lowest BCUT2D eigenvalue weighted by Gasteiger charge is -2.37. The van der Waals surface area contributed by atoms with Gasteiger partial charge in [-0.05, 0) is 45.4 Å². The maximum atomic E-state index is 12.0. The van der Waals surface area contributed by atoms with Gasteiger partial charge in [-0.1, -0.05) is 13.3 Å². The summed E-state index contributed by atoms with van der Waals surface area (Å²) >= 11 is 0. The van der Waals surface area contributed by atoms with Crippen LogP contribution in [0.1, 0.15) is 52.9 Å². The molecule has 3 N–H and O–H groups in total. The Morgan fingerprint density at radius 1 is 1.33 bits per heavy atom. The van der Waals surface area contributed by atoms with Crippen LogP contribution in [0.15, 0.2) is 0 Å². The Labute approximate surface area is 126 Å². The summed E-state index contributed by atoms with van der Waals surface area (Å²) in [6.07, 6.45) is 3.72. The number of hydrogen-bond acceptors (Lipinski definition) is 3. The van der Waals surface area contributed by atoms with Crippen LogP contribution in [-0.2, 0) is 9.53 Å². The molecule has 0 aromatic heterocycles. The van der Waals surface area contributed by atoms with Crippen LogP contribution in [0.3, 0.4) is 0 Å². The fourth-order valence-corrected chi connectivity index (χ4v) is 2.60. The van der Waals surface area contributed by atoms with Gasteiger partial charge in [0.05, 0.1) is 5.60 Å². The number of ether oxygens (including phenoxy) is 1. The average Bonchev–Trinajstić information content (AvgIpc) is 2.46. The highest BCUT2D eigenvalue weighted by atomic mass is 16.5. The third-order valence-corrected chi connectivity index (χ3v) is 4.53. The van der Waals surface area contributed by atoms with Crippen LogP contribution in [-0.4, -0.2) is 41.9 Å². The van der Waals surface area contributed by atoms with Crippen molar-refractivity contribution in [2.75, 3.05) is 13.7 Å². The molecule has 122 valence electrons. The molecular weight excluding hydrogens is 272 g/mol. The summed E-state index contributed by atoms with van der Waals surface area (Å²) in [5.41, 5.74) is -1.61. The first-order chi connectivity index (χ1) is 9.74. The van der Waals surface area contributed by atoms with Crippen molar-refractivity contribution in [3.8, 4) is 0 Å². The molecule has 0 aromatic carbocycles. The molecule has 1 saturated carbocycles. The highest BCUT2D eigenvalue weighted by Gasteiger charge is 2.43. The van der Waals surface area contributed by atoms with Crippen LogP contribution >= 0.6 is 0 Å². The van der Waals surface area contributed by atoms with E-state index in [0.29, 0.717) is 25.3 Å². The second-order valence-electron chi connectivity index (χ2n) is 6.51. The summed E-state index contributed by atoms with van der Waals surface area (Å²) < 4.78 is 5.22. The molecule has 0 unspecified atom stereocenters. The van der Waals surface area contributed by atoms with Gasteiger partial charge in [-0.25, -0.2) is 9.59 Å². The van der Waals surface area contributed by atoms with E-state index >= 15 is 0 Å². The van der Waals surface area contributed by atoms with E-state index in [9.17, 15) is 14.7 Å². The van der Waals surface area contributed by atoms with Crippen LogP contribution in [0.2, 0.25) is 0 Å². The quantitative estimate of drug-likeness (QED) is 0.701. The van der Waals surface area contributed by atoms with Gasteiger partial charge in [-0.3, -0.25) is 0 Å². The summed E-state index contributed by atoms with van der Waals surface area (Å²) in [7, 11) is 1.57. The first kappa shape index (κ1) is 17.8. The molecule has 1 rings (SSSR count). The molecule has 0 spiro atoms. The van der Waals surface area contributed by atoms with Gasteiger partial charge in [0.1, 0.15) is 5.54 Å². The highest BCUT2D eigenvalue weighted by Crippen LogP contribution is 2.33. The van der Waals surface area contributed by atoms with Crippen molar-refractivity contribution >= 4 is 12.0 Å². The lowest BCUT2D eigenvalue weighted by molar-refractivity contribution is -0.146. The molecule has 0 radical (unpaired) electrons. The number of carboxylic acids is 1. The van der Waals surface area contributed by atoms with Crippen LogP contribution < -0.4 is 10.6 Å². The van der Waals surface area contributed by atoms with E-state index in [1.165, 1.54) is 0 Å². The van der Waals surface area contributed by atoms with Crippen molar-refractivity contribution in [1.82, 2.24) is 10.6 Å². The first-order valence-corrected chi connectivity index (χ1v) is 7.59. The zero-order valence-electron chi connectivity index (χ0n) is 13.5. The Balaban J connectivity index is 2.59. The lowest BCUT2D eigenvalue weighted by atomic mass is 9.75. The molecule has 0 bridgehead atoms. The number of methoxy groups -OCH3 is 1. The average molecular weight is 300 g/mol. The van der Waals surface area contributed by atoms with Crippen LogP contribution in [0.5, 0.6) is 0 Å².